The summed E-state index contributed by atoms with van der Waals surface area (Å²) in [5.41, 5.74) is 2.48. The van der Waals surface area contributed by atoms with Crippen LogP contribution in [0.15, 0.2) is 48.5 Å². The minimum absolute atomic E-state index is 0.00667. The first kappa shape index (κ1) is 21.3. The molecule has 0 bridgehead atoms. The standard InChI is InChI=1S/C22H28N2O4S/c1-3-28-21-10-5-4-9-20(21)23-22(25)19-11-13-24(14-12-19)29(26,27)16-18-8-6-7-17(2)15-18/h4-10,15,19H,3,11-14,16H2,1-2H3,(H,23,25). The number of hydrogen-bond acceptors (Lipinski definition) is 4. The van der Waals surface area contributed by atoms with Crippen LogP contribution in [0.2, 0.25) is 0 Å². The third kappa shape index (κ3) is 5.58. The van der Waals surface area contributed by atoms with Gasteiger partial charge in [0, 0.05) is 19.0 Å². The van der Waals surface area contributed by atoms with Crippen LogP contribution in [0.5, 0.6) is 5.75 Å². The van der Waals surface area contributed by atoms with E-state index in [0.717, 1.165) is 11.1 Å². The molecule has 0 aliphatic carbocycles. The number of hydrogen-bond donors (Lipinski definition) is 1. The topological polar surface area (TPSA) is 75.7 Å². The maximum absolute atomic E-state index is 12.8. The second kappa shape index (κ2) is 9.41. The van der Waals surface area contributed by atoms with Crippen LogP contribution in [0.4, 0.5) is 5.69 Å². The fourth-order valence-corrected chi connectivity index (χ4v) is 5.14. The smallest absolute Gasteiger partial charge is 0.227 e. The zero-order valence-electron chi connectivity index (χ0n) is 16.9. The summed E-state index contributed by atoms with van der Waals surface area (Å²) in [6.07, 6.45) is 1.02. The van der Waals surface area contributed by atoms with Gasteiger partial charge in [-0.2, -0.15) is 0 Å². The van der Waals surface area contributed by atoms with Gasteiger partial charge in [-0.25, -0.2) is 12.7 Å². The van der Waals surface area contributed by atoms with E-state index in [1.165, 1.54) is 4.31 Å². The zero-order valence-corrected chi connectivity index (χ0v) is 17.7. The van der Waals surface area contributed by atoms with Crippen LogP contribution in [0, 0.1) is 12.8 Å². The van der Waals surface area contributed by atoms with Crippen molar-refractivity contribution in [2.75, 3.05) is 25.0 Å². The van der Waals surface area contributed by atoms with E-state index < -0.39 is 10.0 Å². The van der Waals surface area contributed by atoms with E-state index in [1.807, 2.05) is 62.4 Å². The number of carbonyl (C=O) groups excluding carboxylic acids is 1. The monoisotopic (exact) mass is 416 g/mol. The highest BCUT2D eigenvalue weighted by molar-refractivity contribution is 7.88. The summed E-state index contributed by atoms with van der Waals surface area (Å²) in [4.78, 5) is 12.7. The minimum atomic E-state index is -3.39. The molecule has 1 heterocycles. The van der Waals surface area contributed by atoms with E-state index >= 15 is 0 Å². The van der Waals surface area contributed by atoms with Gasteiger partial charge in [0.05, 0.1) is 18.0 Å². The Bertz CT molecular complexity index is 951. The van der Waals surface area contributed by atoms with Crippen molar-refractivity contribution in [2.45, 2.75) is 32.4 Å². The molecular formula is C22H28N2O4S. The number of benzene rings is 2. The summed E-state index contributed by atoms with van der Waals surface area (Å²) < 4.78 is 32.6. The van der Waals surface area contributed by atoms with Crippen molar-refractivity contribution < 1.29 is 17.9 Å². The Labute approximate surface area is 172 Å². The average Bonchev–Trinajstić information content (AvgIpc) is 2.69. The van der Waals surface area contributed by atoms with Crippen LogP contribution in [-0.4, -0.2) is 38.3 Å². The Morgan fingerprint density at radius 1 is 1.14 bits per heavy atom. The van der Waals surface area contributed by atoms with Gasteiger partial charge < -0.3 is 10.1 Å². The lowest BCUT2D eigenvalue weighted by atomic mass is 9.97. The quantitative estimate of drug-likeness (QED) is 0.749. The second-order valence-corrected chi connectivity index (χ2v) is 9.31. The van der Waals surface area contributed by atoms with Crippen molar-refractivity contribution >= 4 is 21.6 Å². The Morgan fingerprint density at radius 3 is 2.55 bits per heavy atom. The minimum Gasteiger partial charge on any atom is -0.492 e. The maximum atomic E-state index is 12.8. The lowest BCUT2D eigenvalue weighted by molar-refractivity contribution is -0.120. The van der Waals surface area contributed by atoms with Gasteiger partial charge in [0.2, 0.25) is 15.9 Å². The van der Waals surface area contributed by atoms with Crippen LogP contribution in [-0.2, 0) is 20.6 Å². The molecule has 1 fully saturated rings. The highest BCUT2D eigenvalue weighted by atomic mass is 32.2. The van der Waals surface area contributed by atoms with Crippen molar-refractivity contribution in [1.29, 1.82) is 0 Å². The first-order valence-electron chi connectivity index (χ1n) is 9.95. The van der Waals surface area contributed by atoms with Crippen molar-refractivity contribution in [3.63, 3.8) is 0 Å². The fourth-order valence-electron chi connectivity index (χ4n) is 3.59. The predicted molar refractivity (Wildman–Crippen MR) is 114 cm³/mol. The molecule has 0 spiro atoms. The van der Waals surface area contributed by atoms with Gasteiger partial charge in [-0.3, -0.25) is 4.79 Å². The number of ether oxygens (including phenoxy) is 1. The van der Waals surface area contributed by atoms with Gasteiger partial charge in [-0.15, -0.1) is 0 Å². The molecule has 156 valence electrons. The third-order valence-electron chi connectivity index (χ3n) is 5.09. The van der Waals surface area contributed by atoms with E-state index in [0.29, 0.717) is 44.0 Å². The number of carbonyl (C=O) groups is 1. The molecule has 1 aliphatic rings. The van der Waals surface area contributed by atoms with Crippen molar-refractivity contribution in [3.8, 4) is 5.75 Å². The normalized spacial score (nSPS) is 15.8. The molecule has 0 unspecified atom stereocenters. The maximum Gasteiger partial charge on any atom is 0.227 e. The molecule has 7 heteroatoms. The molecule has 1 aliphatic heterocycles. The number of amides is 1. The van der Waals surface area contributed by atoms with Gasteiger partial charge in [0.25, 0.3) is 0 Å². The summed E-state index contributed by atoms with van der Waals surface area (Å²) in [6, 6.07) is 14.9. The van der Waals surface area contributed by atoms with Crippen LogP contribution < -0.4 is 10.1 Å². The van der Waals surface area contributed by atoms with Gasteiger partial charge in [0.1, 0.15) is 5.75 Å². The molecular weight excluding hydrogens is 388 g/mol. The Hall–Kier alpha value is -2.38. The molecule has 2 aromatic carbocycles. The number of para-hydroxylation sites is 2. The van der Waals surface area contributed by atoms with Crippen molar-refractivity contribution in [3.05, 3.63) is 59.7 Å². The molecule has 3 rings (SSSR count). The molecule has 6 nitrogen and oxygen atoms in total. The number of sulfonamides is 1. The second-order valence-electron chi connectivity index (χ2n) is 7.34. The molecule has 0 aromatic heterocycles. The van der Waals surface area contributed by atoms with Crippen LogP contribution in [0.1, 0.15) is 30.9 Å². The fraction of sp³-hybridized carbons (Fsp3) is 0.409. The lowest BCUT2D eigenvalue weighted by Gasteiger charge is -2.30. The number of piperidine rings is 1. The Balaban J connectivity index is 1.58. The summed E-state index contributed by atoms with van der Waals surface area (Å²) in [7, 11) is -3.39. The highest BCUT2D eigenvalue weighted by Gasteiger charge is 2.31. The van der Waals surface area contributed by atoms with E-state index in [9.17, 15) is 13.2 Å². The summed E-state index contributed by atoms with van der Waals surface area (Å²) in [5.74, 6) is 0.331. The molecule has 0 saturated carbocycles. The molecule has 1 amide bonds. The van der Waals surface area contributed by atoms with Gasteiger partial charge >= 0.3 is 0 Å². The van der Waals surface area contributed by atoms with Gasteiger partial charge in [-0.05, 0) is 44.4 Å². The largest absolute Gasteiger partial charge is 0.492 e. The van der Waals surface area contributed by atoms with E-state index in [4.69, 9.17) is 4.74 Å². The summed E-state index contributed by atoms with van der Waals surface area (Å²) >= 11 is 0. The highest BCUT2D eigenvalue weighted by Crippen LogP contribution is 2.27. The first-order chi connectivity index (χ1) is 13.9. The number of rotatable bonds is 7. The summed E-state index contributed by atoms with van der Waals surface area (Å²) in [6.45, 7) is 5.08. The van der Waals surface area contributed by atoms with Crippen LogP contribution in [0.3, 0.4) is 0 Å². The number of nitrogens with zero attached hydrogens (tertiary/aromatic N) is 1. The molecule has 0 atom stereocenters. The molecule has 1 N–H and O–H groups in total. The van der Waals surface area contributed by atoms with Crippen LogP contribution >= 0.6 is 0 Å². The van der Waals surface area contributed by atoms with Crippen LogP contribution in [0.25, 0.3) is 0 Å². The summed E-state index contributed by atoms with van der Waals surface area (Å²) in [5, 5.41) is 2.93. The van der Waals surface area contributed by atoms with E-state index in [1.54, 1.807) is 0 Å². The zero-order chi connectivity index (χ0) is 20.9. The third-order valence-corrected chi connectivity index (χ3v) is 6.94. The average molecular weight is 417 g/mol. The van der Waals surface area contributed by atoms with Gasteiger partial charge in [-0.1, -0.05) is 42.0 Å². The molecule has 2 aromatic rings. The Kier molecular flexibility index (Phi) is 6.92. The number of nitrogens with one attached hydrogen (secondary N) is 1. The molecule has 1 saturated heterocycles. The van der Waals surface area contributed by atoms with Gasteiger partial charge in [0.15, 0.2) is 0 Å². The molecule has 29 heavy (non-hydrogen) atoms. The lowest BCUT2D eigenvalue weighted by Crippen LogP contribution is -2.41. The van der Waals surface area contributed by atoms with Crippen molar-refractivity contribution in [1.82, 2.24) is 4.31 Å². The number of anilines is 1. The first-order valence-corrected chi connectivity index (χ1v) is 11.6. The SMILES string of the molecule is CCOc1ccccc1NC(=O)C1CCN(S(=O)(=O)Cc2cccc(C)c2)CC1. The van der Waals surface area contributed by atoms with E-state index in [-0.39, 0.29) is 17.6 Å². The Morgan fingerprint density at radius 2 is 1.86 bits per heavy atom. The predicted octanol–water partition coefficient (Wildman–Crippen LogP) is 3.57. The van der Waals surface area contributed by atoms with E-state index in [2.05, 4.69) is 5.32 Å². The molecule has 0 radical (unpaired) electrons. The number of aryl methyl sites for hydroxylation is 1. The van der Waals surface area contributed by atoms with Crippen molar-refractivity contribution in [2.24, 2.45) is 5.92 Å².